The molecule has 0 radical (unpaired) electrons. The van der Waals surface area contributed by atoms with Crippen molar-refractivity contribution in [1.29, 1.82) is 0 Å². The lowest BCUT2D eigenvalue weighted by Gasteiger charge is -2.12. The predicted octanol–water partition coefficient (Wildman–Crippen LogP) is 4.04. The van der Waals surface area contributed by atoms with E-state index in [2.05, 4.69) is 16.2 Å². The van der Waals surface area contributed by atoms with Gasteiger partial charge >= 0.3 is 0 Å². The molecule has 0 fully saturated rings. The number of hydrogen-bond acceptors (Lipinski definition) is 3. The summed E-state index contributed by atoms with van der Waals surface area (Å²) in [7, 11) is 0. The summed E-state index contributed by atoms with van der Waals surface area (Å²) in [5.74, 6) is 0.347. The van der Waals surface area contributed by atoms with Crippen LogP contribution in [0.2, 0.25) is 5.02 Å². The molecule has 0 atom stereocenters. The number of carbonyl (C=O) groups excluding carboxylic acids is 1. The zero-order valence-electron chi connectivity index (χ0n) is 13.4. The van der Waals surface area contributed by atoms with E-state index in [9.17, 15) is 9.18 Å². The summed E-state index contributed by atoms with van der Waals surface area (Å²) in [6.45, 7) is 2.03. The van der Waals surface area contributed by atoms with Crippen molar-refractivity contribution in [3.05, 3.63) is 64.4 Å². The highest BCUT2D eigenvalue weighted by Gasteiger charge is 2.05. The molecule has 0 aliphatic heterocycles. The third kappa shape index (κ3) is 6.89. The number of hydrazine groups is 1. The van der Waals surface area contributed by atoms with Crippen LogP contribution in [0.1, 0.15) is 11.1 Å². The van der Waals surface area contributed by atoms with Gasteiger partial charge in [0, 0.05) is 11.4 Å². The van der Waals surface area contributed by atoms with Crippen LogP contribution in [0.15, 0.2) is 42.5 Å². The Balaban J connectivity index is 1.67. The highest BCUT2D eigenvalue weighted by Crippen LogP contribution is 2.19. The molecule has 0 bridgehead atoms. The van der Waals surface area contributed by atoms with E-state index in [1.165, 1.54) is 41.1 Å². The Morgan fingerprint density at radius 2 is 1.92 bits per heavy atom. The number of hydrogen-bond donors (Lipinski definition) is 3. The lowest BCUT2D eigenvalue weighted by Crippen LogP contribution is -2.44. The van der Waals surface area contributed by atoms with Crippen molar-refractivity contribution in [2.75, 3.05) is 11.1 Å². The van der Waals surface area contributed by atoms with Gasteiger partial charge in [-0.05, 0) is 42.9 Å². The molecular formula is C17H17ClFN3OS2. The second-order valence-corrected chi connectivity index (χ2v) is 7.04. The Morgan fingerprint density at radius 1 is 1.20 bits per heavy atom. The number of anilines is 1. The first-order chi connectivity index (χ1) is 11.9. The summed E-state index contributed by atoms with van der Waals surface area (Å²) < 4.78 is 13.1. The van der Waals surface area contributed by atoms with Crippen LogP contribution in [0.5, 0.6) is 0 Å². The van der Waals surface area contributed by atoms with E-state index in [1.54, 1.807) is 0 Å². The van der Waals surface area contributed by atoms with Crippen LogP contribution in [0.4, 0.5) is 10.1 Å². The van der Waals surface area contributed by atoms with Crippen molar-refractivity contribution < 1.29 is 9.18 Å². The molecule has 2 aromatic carbocycles. The fourth-order valence-corrected chi connectivity index (χ4v) is 2.98. The molecule has 2 rings (SSSR count). The first-order valence-corrected chi connectivity index (χ1v) is 9.32. The van der Waals surface area contributed by atoms with Crippen molar-refractivity contribution in [2.45, 2.75) is 12.7 Å². The van der Waals surface area contributed by atoms with Crippen molar-refractivity contribution in [2.24, 2.45) is 0 Å². The lowest BCUT2D eigenvalue weighted by molar-refractivity contribution is -0.119. The van der Waals surface area contributed by atoms with Gasteiger partial charge in [-0.1, -0.05) is 41.4 Å². The Bertz CT molecular complexity index is 756. The zero-order valence-corrected chi connectivity index (χ0v) is 15.8. The smallest absolute Gasteiger partial charge is 0.248 e. The summed E-state index contributed by atoms with van der Waals surface area (Å²) in [5, 5.41) is 2.97. The number of halogens is 2. The maximum Gasteiger partial charge on any atom is 0.248 e. The van der Waals surface area contributed by atoms with Gasteiger partial charge in [-0.15, -0.1) is 11.8 Å². The maximum absolute atomic E-state index is 13.1. The van der Waals surface area contributed by atoms with E-state index in [0.717, 1.165) is 5.75 Å². The third-order valence-corrected chi connectivity index (χ3v) is 4.61. The minimum Gasteiger partial charge on any atom is -0.331 e. The molecule has 0 unspecified atom stereocenters. The summed E-state index contributed by atoms with van der Waals surface area (Å²) in [4.78, 5) is 11.8. The summed E-state index contributed by atoms with van der Waals surface area (Å²) in [6.07, 6.45) is 0. The molecule has 0 saturated carbocycles. The van der Waals surface area contributed by atoms with Gasteiger partial charge in [0.15, 0.2) is 5.11 Å². The molecule has 4 nitrogen and oxygen atoms in total. The van der Waals surface area contributed by atoms with Gasteiger partial charge in [0.2, 0.25) is 5.91 Å². The first kappa shape index (κ1) is 19.5. The van der Waals surface area contributed by atoms with Gasteiger partial charge in [-0.3, -0.25) is 15.6 Å². The van der Waals surface area contributed by atoms with E-state index >= 15 is 0 Å². The number of thioether (sulfide) groups is 1. The number of benzene rings is 2. The quantitative estimate of drug-likeness (QED) is 0.525. The van der Waals surface area contributed by atoms with E-state index in [4.69, 9.17) is 23.8 Å². The average Bonchev–Trinajstić information content (AvgIpc) is 2.58. The Labute approximate surface area is 160 Å². The van der Waals surface area contributed by atoms with Gasteiger partial charge in [0.1, 0.15) is 5.82 Å². The highest BCUT2D eigenvalue weighted by atomic mass is 35.5. The van der Waals surface area contributed by atoms with Gasteiger partial charge in [0.05, 0.1) is 10.8 Å². The van der Waals surface area contributed by atoms with Crippen LogP contribution in [0.3, 0.4) is 0 Å². The highest BCUT2D eigenvalue weighted by molar-refractivity contribution is 7.99. The number of rotatable bonds is 5. The molecule has 2 aromatic rings. The molecular weight excluding hydrogens is 381 g/mol. The standard InChI is InChI=1S/C17H17ClFN3OS2/c1-11-2-4-12(5-3-11)9-25-10-16(23)21-22-17(24)20-13-6-7-15(19)14(18)8-13/h2-8H,9-10H2,1H3,(H,21,23)(H2,20,22,24). The van der Waals surface area contributed by atoms with Crippen molar-refractivity contribution >= 4 is 52.3 Å². The topological polar surface area (TPSA) is 53.2 Å². The molecule has 1 amide bonds. The number of carbonyl (C=O) groups is 1. The molecule has 132 valence electrons. The average molecular weight is 398 g/mol. The molecule has 8 heteroatoms. The maximum atomic E-state index is 13.1. The molecule has 0 aliphatic rings. The number of aryl methyl sites for hydroxylation is 1. The van der Waals surface area contributed by atoms with Crippen LogP contribution in [0.25, 0.3) is 0 Å². The monoisotopic (exact) mass is 397 g/mol. The molecule has 25 heavy (non-hydrogen) atoms. The van der Waals surface area contributed by atoms with Crippen molar-refractivity contribution in [1.82, 2.24) is 10.9 Å². The van der Waals surface area contributed by atoms with Crippen LogP contribution in [0, 0.1) is 12.7 Å². The SMILES string of the molecule is Cc1ccc(CSCC(=O)NNC(=S)Nc2ccc(F)c(Cl)c2)cc1. The molecule has 0 heterocycles. The van der Waals surface area contributed by atoms with Gasteiger partial charge in [-0.25, -0.2) is 4.39 Å². The van der Waals surface area contributed by atoms with Gasteiger partial charge in [0.25, 0.3) is 0 Å². The van der Waals surface area contributed by atoms with Crippen molar-refractivity contribution in [3.63, 3.8) is 0 Å². The number of amides is 1. The fourth-order valence-electron chi connectivity index (χ4n) is 1.84. The lowest BCUT2D eigenvalue weighted by atomic mass is 10.2. The third-order valence-electron chi connectivity index (χ3n) is 3.12. The normalized spacial score (nSPS) is 10.2. The van der Waals surface area contributed by atoms with Crippen LogP contribution in [-0.4, -0.2) is 16.8 Å². The molecule has 0 spiro atoms. The minimum atomic E-state index is -0.509. The zero-order chi connectivity index (χ0) is 18.2. The Hall–Kier alpha value is -1.83. The predicted molar refractivity (Wildman–Crippen MR) is 106 cm³/mol. The summed E-state index contributed by atoms with van der Waals surface area (Å²) in [5.41, 5.74) is 7.99. The Morgan fingerprint density at radius 3 is 2.60 bits per heavy atom. The van der Waals surface area contributed by atoms with Crippen LogP contribution in [-0.2, 0) is 10.5 Å². The van der Waals surface area contributed by atoms with Crippen molar-refractivity contribution in [3.8, 4) is 0 Å². The second kappa shape index (κ2) is 9.60. The van der Waals surface area contributed by atoms with E-state index < -0.39 is 5.82 Å². The second-order valence-electron chi connectivity index (χ2n) is 5.23. The molecule has 0 aromatic heterocycles. The summed E-state index contributed by atoms with van der Waals surface area (Å²) in [6, 6.07) is 12.3. The minimum absolute atomic E-state index is 0.00987. The summed E-state index contributed by atoms with van der Waals surface area (Å²) >= 11 is 12.2. The van der Waals surface area contributed by atoms with E-state index in [0.29, 0.717) is 11.4 Å². The molecule has 3 N–H and O–H groups in total. The van der Waals surface area contributed by atoms with E-state index in [-0.39, 0.29) is 16.0 Å². The van der Waals surface area contributed by atoms with Crippen LogP contribution >= 0.6 is 35.6 Å². The first-order valence-electron chi connectivity index (χ1n) is 7.38. The molecule has 0 aliphatic carbocycles. The Kier molecular flexibility index (Phi) is 7.49. The fraction of sp³-hybridized carbons (Fsp3) is 0.176. The largest absolute Gasteiger partial charge is 0.331 e. The number of nitrogens with one attached hydrogen (secondary N) is 3. The van der Waals surface area contributed by atoms with Crippen LogP contribution < -0.4 is 16.2 Å². The van der Waals surface area contributed by atoms with Gasteiger partial charge < -0.3 is 5.32 Å². The molecule has 0 saturated heterocycles. The van der Waals surface area contributed by atoms with E-state index in [1.807, 2.05) is 31.2 Å². The number of thiocarbonyl (C=S) groups is 1. The van der Waals surface area contributed by atoms with Gasteiger partial charge in [-0.2, -0.15) is 0 Å².